The summed E-state index contributed by atoms with van der Waals surface area (Å²) >= 11 is 0. The molecule has 0 spiro atoms. The van der Waals surface area contributed by atoms with Crippen LogP contribution in [0.2, 0.25) is 0 Å². The first-order valence-electron chi connectivity index (χ1n) is 13.7. The maximum absolute atomic E-state index is 6.42. The molecule has 3 heteroatoms. The van der Waals surface area contributed by atoms with Crippen LogP contribution >= 0.6 is 0 Å². The van der Waals surface area contributed by atoms with Gasteiger partial charge in [0.05, 0.1) is 40.0 Å². The Balaban J connectivity index is 1.48. The summed E-state index contributed by atoms with van der Waals surface area (Å²) in [7, 11) is 0. The van der Waals surface area contributed by atoms with Crippen LogP contribution in [-0.2, 0) is 0 Å². The summed E-state index contributed by atoms with van der Waals surface area (Å²) in [6.07, 6.45) is 5.06. The Kier molecular flexibility index (Phi) is 5.90. The minimum absolute atomic E-state index is 0.678. The quantitative estimate of drug-likeness (QED) is 0.148. The van der Waals surface area contributed by atoms with Crippen LogP contribution in [0.1, 0.15) is 19.3 Å². The van der Waals surface area contributed by atoms with Crippen LogP contribution in [0.15, 0.2) is 128 Å². The summed E-state index contributed by atoms with van der Waals surface area (Å²) in [5.41, 5.74) is 6.94. The van der Waals surface area contributed by atoms with Crippen LogP contribution in [0.4, 0.5) is 0 Å². The number of allylic oxidation sites excluding steroid dienone is 1. The van der Waals surface area contributed by atoms with E-state index in [1.54, 1.807) is 0 Å². The molecule has 0 aliphatic carbocycles. The normalized spacial score (nSPS) is 11.6. The van der Waals surface area contributed by atoms with E-state index in [1.165, 1.54) is 43.6 Å². The highest BCUT2D eigenvalue weighted by Crippen LogP contribution is 2.37. The van der Waals surface area contributed by atoms with Crippen molar-refractivity contribution in [2.45, 2.75) is 19.3 Å². The fourth-order valence-corrected chi connectivity index (χ4v) is 5.89. The molecule has 0 aliphatic rings. The number of unbranched alkanes of at least 4 members (excludes halogenated alkanes) is 2. The summed E-state index contributed by atoms with van der Waals surface area (Å²) in [5.74, 6) is 0.879. The molecule has 190 valence electrons. The van der Waals surface area contributed by atoms with Crippen molar-refractivity contribution < 1.29 is 4.74 Å². The Labute approximate surface area is 228 Å². The van der Waals surface area contributed by atoms with Gasteiger partial charge in [-0.1, -0.05) is 78.9 Å². The van der Waals surface area contributed by atoms with E-state index in [1.807, 2.05) is 6.08 Å². The van der Waals surface area contributed by atoms with Crippen LogP contribution in [-0.4, -0.2) is 15.7 Å². The Bertz CT molecular complexity index is 1740. The Hall–Kier alpha value is -4.76. The number of hydrogen-bond acceptors (Lipinski definition) is 1. The van der Waals surface area contributed by atoms with Gasteiger partial charge in [0.25, 0.3) is 0 Å². The van der Waals surface area contributed by atoms with Crippen molar-refractivity contribution in [3.05, 3.63) is 128 Å². The van der Waals surface area contributed by atoms with E-state index in [9.17, 15) is 0 Å². The molecule has 3 nitrogen and oxygen atoms in total. The second kappa shape index (κ2) is 9.85. The van der Waals surface area contributed by atoms with Crippen LogP contribution in [0.5, 0.6) is 5.75 Å². The summed E-state index contributed by atoms with van der Waals surface area (Å²) < 4.78 is 11.2. The van der Waals surface area contributed by atoms with Gasteiger partial charge in [0.1, 0.15) is 5.75 Å². The molecule has 2 aromatic heterocycles. The van der Waals surface area contributed by atoms with Crippen LogP contribution < -0.4 is 4.74 Å². The van der Waals surface area contributed by atoms with Gasteiger partial charge in [-0.15, -0.1) is 6.58 Å². The molecule has 0 atom stereocenters. The molecule has 0 bridgehead atoms. The van der Waals surface area contributed by atoms with Crippen LogP contribution in [0.3, 0.4) is 0 Å². The second-order valence-electron chi connectivity index (χ2n) is 10.1. The first-order valence-corrected chi connectivity index (χ1v) is 13.7. The molecular weight excluding hydrogens is 476 g/mol. The molecule has 0 aliphatic heterocycles. The fourth-order valence-electron chi connectivity index (χ4n) is 5.89. The molecular formula is C36H30N2O. The number of fused-ring (bicyclic) bond motifs is 6. The van der Waals surface area contributed by atoms with Crippen LogP contribution in [0.25, 0.3) is 55.0 Å². The smallest absolute Gasteiger partial charge is 0.123 e. The van der Waals surface area contributed by atoms with Gasteiger partial charge in [0.15, 0.2) is 0 Å². The fraction of sp³-hybridized carbons (Fsp3) is 0.111. The van der Waals surface area contributed by atoms with Gasteiger partial charge in [-0.05, 0) is 49.6 Å². The lowest BCUT2D eigenvalue weighted by Crippen LogP contribution is -2.03. The van der Waals surface area contributed by atoms with Crippen molar-refractivity contribution >= 4 is 43.6 Å². The predicted octanol–water partition coefficient (Wildman–Crippen LogP) is 9.62. The third-order valence-electron chi connectivity index (χ3n) is 7.62. The summed E-state index contributed by atoms with van der Waals surface area (Å²) in [6.45, 7) is 4.53. The molecule has 7 aromatic rings. The predicted molar refractivity (Wildman–Crippen MR) is 165 cm³/mol. The molecule has 0 unspecified atom stereocenters. The van der Waals surface area contributed by atoms with Gasteiger partial charge in [-0.3, -0.25) is 0 Å². The largest absolute Gasteiger partial charge is 0.493 e. The van der Waals surface area contributed by atoms with Gasteiger partial charge in [0, 0.05) is 33.7 Å². The lowest BCUT2D eigenvalue weighted by Gasteiger charge is -2.16. The Morgan fingerprint density at radius 2 is 0.949 bits per heavy atom. The van der Waals surface area contributed by atoms with E-state index in [0.29, 0.717) is 6.61 Å². The summed E-state index contributed by atoms with van der Waals surface area (Å²) in [5, 5.41) is 5.01. The Morgan fingerprint density at radius 3 is 1.36 bits per heavy atom. The molecule has 5 aromatic carbocycles. The average Bonchev–Trinajstić information content (AvgIpc) is 3.50. The molecule has 39 heavy (non-hydrogen) atoms. The number of benzene rings is 5. The third kappa shape index (κ3) is 3.98. The number of para-hydroxylation sites is 4. The summed E-state index contributed by atoms with van der Waals surface area (Å²) in [6, 6.07) is 41.3. The van der Waals surface area contributed by atoms with Crippen molar-refractivity contribution in [1.82, 2.24) is 9.13 Å². The molecule has 0 saturated carbocycles. The van der Waals surface area contributed by atoms with Crippen molar-refractivity contribution in [3.63, 3.8) is 0 Å². The number of aromatic nitrogens is 2. The van der Waals surface area contributed by atoms with Gasteiger partial charge in [0.2, 0.25) is 0 Å². The van der Waals surface area contributed by atoms with E-state index in [0.717, 1.165) is 36.4 Å². The van der Waals surface area contributed by atoms with E-state index in [-0.39, 0.29) is 0 Å². The zero-order valence-electron chi connectivity index (χ0n) is 21.9. The number of ether oxygens (including phenoxy) is 1. The average molecular weight is 507 g/mol. The first kappa shape index (κ1) is 23.4. The van der Waals surface area contributed by atoms with E-state index < -0.39 is 0 Å². The molecule has 2 heterocycles. The van der Waals surface area contributed by atoms with Crippen molar-refractivity contribution in [3.8, 4) is 17.1 Å². The van der Waals surface area contributed by atoms with Gasteiger partial charge >= 0.3 is 0 Å². The van der Waals surface area contributed by atoms with E-state index in [4.69, 9.17) is 4.74 Å². The molecule has 0 radical (unpaired) electrons. The monoisotopic (exact) mass is 506 g/mol. The van der Waals surface area contributed by atoms with Gasteiger partial charge in [-0.25, -0.2) is 0 Å². The summed E-state index contributed by atoms with van der Waals surface area (Å²) in [4.78, 5) is 0. The van der Waals surface area contributed by atoms with Gasteiger partial charge in [-0.2, -0.15) is 0 Å². The van der Waals surface area contributed by atoms with Gasteiger partial charge < -0.3 is 13.9 Å². The standard InChI is InChI=1S/C36H30N2O/c1-2-3-4-13-22-39-28-24-26(37-33-18-9-5-14-29(33)30-15-6-10-19-34(30)37)23-27(25-28)38-35-20-11-7-16-31(35)32-17-8-12-21-36(32)38/h2,5-12,14-21,23-25H,1,3-4,13,22H2. The maximum atomic E-state index is 6.42. The molecule has 0 fully saturated rings. The van der Waals surface area contributed by atoms with E-state index in [2.05, 4.69) is 131 Å². The molecule has 0 saturated heterocycles. The minimum Gasteiger partial charge on any atom is -0.493 e. The highest BCUT2D eigenvalue weighted by Gasteiger charge is 2.16. The molecule has 0 amide bonds. The number of hydrogen-bond donors (Lipinski definition) is 0. The van der Waals surface area contributed by atoms with Crippen molar-refractivity contribution in [1.29, 1.82) is 0 Å². The highest BCUT2D eigenvalue weighted by molar-refractivity contribution is 6.10. The Morgan fingerprint density at radius 1 is 0.538 bits per heavy atom. The third-order valence-corrected chi connectivity index (χ3v) is 7.62. The van der Waals surface area contributed by atoms with E-state index >= 15 is 0 Å². The van der Waals surface area contributed by atoms with Crippen LogP contribution in [0, 0.1) is 0 Å². The number of nitrogens with zero attached hydrogens (tertiary/aromatic N) is 2. The topological polar surface area (TPSA) is 19.1 Å². The lowest BCUT2D eigenvalue weighted by atomic mass is 10.2. The minimum atomic E-state index is 0.678. The first-order chi connectivity index (χ1) is 19.3. The maximum Gasteiger partial charge on any atom is 0.123 e. The highest BCUT2D eigenvalue weighted by atomic mass is 16.5. The van der Waals surface area contributed by atoms with Crippen molar-refractivity contribution in [2.24, 2.45) is 0 Å². The second-order valence-corrected chi connectivity index (χ2v) is 10.1. The molecule has 7 rings (SSSR count). The number of rotatable bonds is 8. The van der Waals surface area contributed by atoms with Crippen molar-refractivity contribution in [2.75, 3.05) is 6.61 Å². The zero-order chi connectivity index (χ0) is 26.2. The lowest BCUT2D eigenvalue weighted by molar-refractivity contribution is 0.307. The zero-order valence-corrected chi connectivity index (χ0v) is 21.9. The SMILES string of the molecule is C=CCCCCOc1cc(-n2c3ccccc3c3ccccc32)cc(-n2c3ccccc3c3ccccc32)c1. The molecule has 0 N–H and O–H groups in total.